The minimum atomic E-state index is 0.604. The molecular formula is C16H28N4. The van der Waals surface area contributed by atoms with E-state index < -0.39 is 0 Å². The molecule has 0 amide bonds. The number of aromatic nitrogens is 1. The molecule has 4 nitrogen and oxygen atoms in total. The van der Waals surface area contributed by atoms with E-state index in [9.17, 15) is 0 Å². The van der Waals surface area contributed by atoms with Gasteiger partial charge in [-0.3, -0.25) is 0 Å². The lowest BCUT2D eigenvalue weighted by Gasteiger charge is -2.28. The Kier molecular flexibility index (Phi) is 5.38. The van der Waals surface area contributed by atoms with E-state index in [-0.39, 0.29) is 0 Å². The predicted molar refractivity (Wildman–Crippen MR) is 85.3 cm³/mol. The van der Waals surface area contributed by atoms with Crippen molar-refractivity contribution in [1.82, 2.24) is 15.2 Å². The fraction of sp³-hybridized carbons (Fsp3) is 0.688. The summed E-state index contributed by atoms with van der Waals surface area (Å²) in [4.78, 5) is 9.63. The van der Waals surface area contributed by atoms with E-state index in [0.29, 0.717) is 6.04 Å². The maximum absolute atomic E-state index is 4.85. The predicted octanol–water partition coefficient (Wildman–Crippen LogP) is 1.89. The quantitative estimate of drug-likeness (QED) is 0.860. The van der Waals surface area contributed by atoms with Gasteiger partial charge in [0.1, 0.15) is 5.82 Å². The lowest BCUT2D eigenvalue weighted by molar-refractivity contribution is 0.371. The zero-order valence-electron chi connectivity index (χ0n) is 13.3. The third kappa shape index (κ3) is 3.70. The topological polar surface area (TPSA) is 31.4 Å². The molecule has 4 heteroatoms. The second-order valence-electron chi connectivity index (χ2n) is 5.96. The minimum absolute atomic E-state index is 0.604. The zero-order valence-corrected chi connectivity index (χ0v) is 13.3. The van der Waals surface area contributed by atoms with Crippen LogP contribution < -0.4 is 10.2 Å². The fourth-order valence-electron chi connectivity index (χ4n) is 3.02. The molecule has 0 aromatic carbocycles. The van der Waals surface area contributed by atoms with Crippen molar-refractivity contribution in [3.05, 3.63) is 23.4 Å². The molecule has 1 aliphatic rings. The Labute approximate surface area is 123 Å². The Morgan fingerprint density at radius 3 is 2.85 bits per heavy atom. The molecule has 0 bridgehead atoms. The average molecular weight is 276 g/mol. The Morgan fingerprint density at radius 1 is 1.40 bits per heavy atom. The Balaban J connectivity index is 2.23. The van der Waals surface area contributed by atoms with Crippen molar-refractivity contribution in [2.24, 2.45) is 0 Å². The van der Waals surface area contributed by atoms with Gasteiger partial charge in [-0.25, -0.2) is 4.98 Å². The number of pyridine rings is 1. The van der Waals surface area contributed by atoms with Gasteiger partial charge in [0.05, 0.1) is 0 Å². The van der Waals surface area contributed by atoms with Crippen LogP contribution in [0, 0.1) is 0 Å². The summed E-state index contributed by atoms with van der Waals surface area (Å²) in [5.74, 6) is 1.17. The molecule has 0 spiro atoms. The Morgan fingerprint density at radius 2 is 2.20 bits per heavy atom. The van der Waals surface area contributed by atoms with Crippen LogP contribution in [0.4, 0.5) is 5.82 Å². The summed E-state index contributed by atoms with van der Waals surface area (Å²) in [6, 6.07) is 5.08. The van der Waals surface area contributed by atoms with Crippen LogP contribution in [0.15, 0.2) is 12.1 Å². The van der Waals surface area contributed by atoms with Gasteiger partial charge in [-0.05, 0) is 58.1 Å². The highest BCUT2D eigenvalue weighted by atomic mass is 15.3. The normalized spacial score (nSPS) is 19.1. The number of aryl methyl sites for hydroxylation is 1. The zero-order chi connectivity index (χ0) is 14.5. The molecule has 2 heterocycles. The van der Waals surface area contributed by atoms with E-state index in [2.05, 4.69) is 48.3 Å². The molecule has 1 aliphatic heterocycles. The highest BCUT2D eigenvalue weighted by Crippen LogP contribution is 2.25. The van der Waals surface area contributed by atoms with Crippen molar-refractivity contribution in [3.63, 3.8) is 0 Å². The molecule has 1 aromatic rings. The second-order valence-corrected chi connectivity index (χ2v) is 5.96. The maximum Gasteiger partial charge on any atom is 0.129 e. The SMILES string of the molecule is CCc1cc(CNC)cc(N2CCCC2CN(C)C)n1. The van der Waals surface area contributed by atoms with Crippen LogP contribution >= 0.6 is 0 Å². The molecule has 1 atom stereocenters. The number of rotatable bonds is 6. The summed E-state index contributed by atoms with van der Waals surface area (Å²) >= 11 is 0. The number of nitrogens with zero attached hydrogens (tertiary/aromatic N) is 3. The second kappa shape index (κ2) is 7.04. The van der Waals surface area contributed by atoms with E-state index in [4.69, 9.17) is 4.98 Å². The van der Waals surface area contributed by atoms with Gasteiger partial charge >= 0.3 is 0 Å². The van der Waals surface area contributed by atoms with Gasteiger partial charge in [-0.1, -0.05) is 6.92 Å². The molecular weight excluding hydrogens is 248 g/mol. The van der Waals surface area contributed by atoms with Gasteiger partial charge in [-0.2, -0.15) is 0 Å². The first-order valence-corrected chi connectivity index (χ1v) is 7.69. The average Bonchev–Trinajstić information content (AvgIpc) is 2.86. The van der Waals surface area contributed by atoms with Crippen molar-refractivity contribution in [2.75, 3.05) is 39.1 Å². The van der Waals surface area contributed by atoms with Crippen LogP contribution in [0.25, 0.3) is 0 Å². The van der Waals surface area contributed by atoms with Crippen molar-refractivity contribution in [3.8, 4) is 0 Å². The third-order valence-corrected chi connectivity index (χ3v) is 3.92. The fourth-order valence-corrected chi connectivity index (χ4v) is 3.02. The summed E-state index contributed by atoms with van der Waals surface area (Å²) in [5.41, 5.74) is 2.54. The van der Waals surface area contributed by atoms with E-state index >= 15 is 0 Å². The first-order valence-electron chi connectivity index (χ1n) is 7.69. The molecule has 0 aliphatic carbocycles. The molecule has 0 saturated carbocycles. The number of likely N-dealkylation sites (N-methyl/N-ethyl adjacent to an activating group) is 1. The molecule has 0 radical (unpaired) electrons. The number of hydrogen-bond donors (Lipinski definition) is 1. The van der Waals surface area contributed by atoms with Crippen LogP contribution in [-0.2, 0) is 13.0 Å². The summed E-state index contributed by atoms with van der Waals surface area (Å²) in [7, 11) is 6.30. The molecule has 1 fully saturated rings. The van der Waals surface area contributed by atoms with Gasteiger partial charge < -0.3 is 15.1 Å². The van der Waals surface area contributed by atoms with Gasteiger partial charge in [-0.15, -0.1) is 0 Å². The smallest absolute Gasteiger partial charge is 0.129 e. The van der Waals surface area contributed by atoms with Crippen LogP contribution in [-0.4, -0.2) is 50.2 Å². The first kappa shape index (κ1) is 15.3. The van der Waals surface area contributed by atoms with E-state index in [1.807, 2.05) is 7.05 Å². The summed E-state index contributed by atoms with van der Waals surface area (Å²) in [6.45, 7) is 5.34. The molecule has 20 heavy (non-hydrogen) atoms. The lowest BCUT2D eigenvalue weighted by atomic mass is 10.1. The van der Waals surface area contributed by atoms with Crippen molar-refractivity contribution < 1.29 is 0 Å². The number of anilines is 1. The van der Waals surface area contributed by atoms with Crippen LogP contribution in [0.1, 0.15) is 31.0 Å². The lowest BCUT2D eigenvalue weighted by Crippen LogP contribution is -2.38. The summed E-state index contributed by atoms with van der Waals surface area (Å²) in [6.07, 6.45) is 3.55. The van der Waals surface area contributed by atoms with E-state index in [0.717, 1.165) is 26.1 Å². The van der Waals surface area contributed by atoms with Crippen LogP contribution in [0.2, 0.25) is 0 Å². The van der Waals surface area contributed by atoms with Gasteiger partial charge in [0.25, 0.3) is 0 Å². The highest BCUT2D eigenvalue weighted by Gasteiger charge is 2.26. The minimum Gasteiger partial charge on any atom is -0.352 e. The van der Waals surface area contributed by atoms with Gasteiger partial charge in [0, 0.05) is 31.4 Å². The van der Waals surface area contributed by atoms with Crippen molar-refractivity contribution >= 4 is 5.82 Å². The standard InChI is InChI=1S/C16H28N4/c1-5-14-9-13(11-17-2)10-16(18-14)20-8-6-7-15(20)12-19(3)4/h9-10,15,17H,5-8,11-12H2,1-4H3. The van der Waals surface area contributed by atoms with Crippen molar-refractivity contribution in [1.29, 1.82) is 0 Å². The number of hydrogen-bond acceptors (Lipinski definition) is 4. The molecule has 2 rings (SSSR count). The molecule has 1 unspecified atom stereocenters. The van der Waals surface area contributed by atoms with Crippen LogP contribution in [0.5, 0.6) is 0 Å². The Bertz CT molecular complexity index is 430. The summed E-state index contributed by atoms with van der Waals surface area (Å²) in [5, 5.41) is 3.24. The third-order valence-electron chi connectivity index (χ3n) is 3.92. The summed E-state index contributed by atoms with van der Waals surface area (Å²) < 4.78 is 0. The van der Waals surface area contributed by atoms with Crippen molar-refractivity contribution in [2.45, 2.75) is 38.8 Å². The maximum atomic E-state index is 4.85. The van der Waals surface area contributed by atoms with Crippen LogP contribution in [0.3, 0.4) is 0 Å². The largest absolute Gasteiger partial charge is 0.352 e. The molecule has 112 valence electrons. The monoisotopic (exact) mass is 276 g/mol. The molecule has 1 saturated heterocycles. The number of nitrogens with one attached hydrogen (secondary N) is 1. The van der Waals surface area contributed by atoms with Gasteiger partial charge in [0.2, 0.25) is 0 Å². The van der Waals surface area contributed by atoms with E-state index in [1.54, 1.807) is 0 Å². The molecule has 1 N–H and O–H groups in total. The van der Waals surface area contributed by atoms with Gasteiger partial charge in [0.15, 0.2) is 0 Å². The Hall–Kier alpha value is -1.13. The van der Waals surface area contributed by atoms with E-state index in [1.165, 1.54) is 29.9 Å². The molecule has 1 aromatic heterocycles. The first-order chi connectivity index (χ1) is 9.63. The highest BCUT2D eigenvalue weighted by molar-refractivity contribution is 5.45.